The molecular weight excluding hydrogens is 284 g/mol. The Hall–Kier alpha value is -2.28. The number of imide groups is 1. The fraction of sp³-hybridized carbons (Fsp3) is 0.467. The third-order valence-electron chi connectivity index (χ3n) is 4.63. The number of fused-ring (bicyclic) bond motifs is 3. The molecule has 3 aliphatic rings. The molecule has 2 N–H and O–H groups in total. The Balaban J connectivity index is 1.67. The Kier molecular flexibility index (Phi) is 2.97. The van der Waals surface area contributed by atoms with Crippen molar-refractivity contribution in [2.45, 2.75) is 38.4 Å². The summed E-state index contributed by atoms with van der Waals surface area (Å²) in [6, 6.07) is -0.572. The molecule has 1 atom stereocenters. The van der Waals surface area contributed by atoms with Crippen LogP contribution in [0.3, 0.4) is 0 Å². The van der Waals surface area contributed by atoms with Crippen molar-refractivity contribution < 1.29 is 14.4 Å². The van der Waals surface area contributed by atoms with Gasteiger partial charge in [-0.2, -0.15) is 0 Å². The summed E-state index contributed by atoms with van der Waals surface area (Å²) in [7, 11) is 0. The van der Waals surface area contributed by atoms with Gasteiger partial charge in [0.15, 0.2) is 0 Å². The van der Waals surface area contributed by atoms with Crippen molar-refractivity contribution in [2.75, 3.05) is 6.54 Å². The molecule has 0 radical (unpaired) electrons. The molecule has 7 nitrogen and oxygen atoms in total. The van der Waals surface area contributed by atoms with E-state index >= 15 is 0 Å². The molecule has 7 heteroatoms. The van der Waals surface area contributed by atoms with E-state index in [0.717, 1.165) is 30.6 Å². The molecular formula is C15H16N4O3. The summed E-state index contributed by atoms with van der Waals surface area (Å²) >= 11 is 0. The van der Waals surface area contributed by atoms with E-state index in [-0.39, 0.29) is 24.1 Å². The first kappa shape index (κ1) is 13.4. The van der Waals surface area contributed by atoms with Crippen LogP contribution < -0.4 is 10.6 Å². The summed E-state index contributed by atoms with van der Waals surface area (Å²) in [6.45, 7) is 2.06. The fourth-order valence-electron chi connectivity index (χ4n) is 3.50. The lowest BCUT2D eigenvalue weighted by molar-refractivity contribution is -0.136. The van der Waals surface area contributed by atoms with Gasteiger partial charge in [0.05, 0.1) is 0 Å². The fourth-order valence-corrected chi connectivity index (χ4v) is 3.50. The van der Waals surface area contributed by atoms with Crippen LogP contribution in [-0.4, -0.2) is 40.2 Å². The Labute approximate surface area is 127 Å². The standard InChI is InChI=1S/C15H16N4O3/c20-12-2-1-11(14(21)18-12)19-7-10-9-3-4-16-5-8(9)6-17-13(10)15(19)22/h6,11,16H,1-5,7H2,(H,18,20,21). The second-order valence-corrected chi connectivity index (χ2v) is 5.92. The summed E-state index contributed by atoms with van der Waals surface area (Å²) in [5, 5.41) is 5.60. The number of carbonyl (C=O) groups excluding carboxylic acids is 3. The van der Waals surface area contributed by atoms with Crippen LogP contribution in [0.1, 0.15) is 40.0 Å². The molecule has 3 amide bonds. The predicted molar refractivity (Wildman–Crippen MR) is 75.7 cm³/mol. The minimum atomic E-state index is -0.572. The third-order valence-corrected chi connectivity index (χ3v) is 4.63. The largest absolute Gasteiger partial charge is 0.321 e. The van der Waals surface area contributed by atoms with Gasteiger partial charge in [0.1, 0.15) is 11.7 Å². The number of carbonyl (C=O) groups is 3. The van der Waals surface area contributed by atoms with Crippen molar-refractivity contribution in [2.24, 2.45) is 0 Å². The molecule has 0 bridgehead atoms. The van der Waals surface area contributed by atoms with E-state index in [1.54, 1.807) is 11.1 Å². The van der Waals surface area contributed by atoms with E-state index in [1.165, 1.54) is 5.56 Å². The van der Waals surface area contributed by atoms with Gasteiger partial charge in [-0.3, -0.25) is 24.7 Å². The van der Waals surface area contributed by atoms with Crippen molar-refractivity contribution in [1.82, 2.24) is 20.5 Å². The highest BCUT2D eigenvalue weighted by Gasteiger charge is 2.41. The number of nitrogens with zero attached hydrogens (tertiary/aromatic N) is 2. The maximum absolute atomic E-state index is 12.6. The normalized spacial score (nSPS) is 24.1. The lowest BCUT2D eigenvalue weighted by Gasteiger charge is -2.29. The van der Waals surface area contributed by atoms with Crippen LogP contribution in [-0.2, 0) is 29.1 Å². The minimum absolute atomic E-state index is 0.203. The summed E-state index contributed by atoms with van der Waals surface area (Å²) < 4.78 is 0. The van der Waals surface area contributed by atoms with Crippen LogP contribution >= 0.6 is 0 Å². The van der Waals surface area contributed by atoms with E-state index in [4.69, 9.17) is 0 Å². The van der Waals surface area contributed by atoms with Gasteiger partial charge in [0.25, 0.3) is 5.91 Å². The molecule has 4 rings (SSSR count). The smallest absolute Gasteiger partial charge is 0.273 e. The van der Waals surface area contributed by atoms with E-state index in [9.17, 15) is 14.4 Å². The van der Waals surface area contributed by atoms with Gasteiger partial charge >= 0.3 is 0 Å². The molecule has 1 aromatic rings. The van der Waals surface area contributed by atoms with Crippen molar-refractivity contribution in [3.63, 3.8) is 0 Å². The highest BCUT2D eigenvalue weighted by molar-refractivity contribution is 6.04. The number of hydrogen-bond donors (Lipinski definition) is 2. The quantitative estimate of drug-likeness (QED) is 0.682. The number of rotatable bonds is 1. The Morgan fingerprint density at radius 3 is 2.86 bits per heavy atom. The van der Waals surface area contributed by atoms with E-state index in [1.807, 2.05) is 0 Å². The van der Waals surface area contributed by atoms with Crippen molar-refractivity contribution >= 4 is 17.7 Å². The molecule has 0 aliphatic carbocycles. The molecule has 1 aromatic heterocycles. The lowest BCUT2D eigenvalue weighted by atomic mass is 9.97. The SMILES string of the molecule is O=C1CCC(N2Cc3c(ncc4c3CCNC4)C2=O)C(=O)N1. The minimum Gasteiger partial charge on any atom is -0.321 e. The van der Waals surface area contributed by atoms with Gasteiger partial charge in [-0.15, -0.1) is 0 Å². The molecule has 1 fully saturated rings. The van der Waals surface area contributed by atoms with Crippen molar-refractivity contribution in [3.05, 3.63) is 28.6 Å². The average molecular weight is 300 g/mol. The van der Waals surface area contributed by atoms with Gasteiger partial charge in [0, 0.05) is 31.3 Å². The molecule has 0 spiro atoms. The zero-order chi connectivity index (χ0) is 15.3. The maximum atomic E-state index is 12.6. The van der Waals surface area contributed by atoms with Crippen molar-refractivity contribution in [1.29, 1.82) is 0 Å². The second kappa shape index (κ2) is 4.88. The number of piperidine rings is 1. The van der Waals surface area contributed by atoms with Crippen LogP contribution in [0.4, 0.5) is 0 Å². The first-order chi connectivity index (χ1) is 10.6. The second-order valence-electron chi connectivity index (χ2n) is 5.92. The van der Waals surface area contributed by atoms with Crippen LogP contribution in [0.15, 0.2) is 6.20 Å². The van der Waals surface area contributed by atoms with Crippen LogP contribution in [0, 0.1) is 0 Å². The Morgan fingerprint density at radius 1 is 1.18 bits per heavy atom. The molecule has 1 saturated heterocycles. The Morgan fingerprint density at radius 2 is 2.05 bits per heavy atom. The monoisotopic (exact) mass is 300 g/mol. The summed E-state index contributed by atoms with van der Waals surface area (Å²) in [6.07, 6.45) is 3.28. The van der Waals surface area contributed by atoms with Crippen LogP contribution in [0.5, 0.6) is 0 Å². The number of amides is 3. The predicted octanol–water partition coefficient (Wildman–Crippen LogP) is -0.512. The van der Waals surface area contributed by atoms with Gasteiger partial charge in [-0.1, -0.05) is 0 Å². The highest BCUT2D eigenvalue weighted by atomic mass is 16.2. The van der Waals surface area contributed by atoms with Gasteiger partial charge in [-0.25, -0.2) is 0 Å². The first-order valence-electron chi connectivity index (χ1n) is 7.50. The number of pyridine rings is 1. The van der Waals surface area contributed by atoms with E-state index < -0.39 is 6.04 Å². The van der Waals surface area contributed by atoms with Gasteiger partial charge < -0.3 is 10.2 Å². The zero-order valence-electron chi connectivity index (χ0n) is 12.0. The lowest BCUT2D eigenvalue weighted by Crippen LogP contribution is -2.52. The van der Waals surface area contributed by atoms with Gasteiger partial charge in [0.2, 0.25) is 11.8 Å². The third kappa shape index (κ3) is 1.93. The van der Waals surface area contributed by atoms with E-state index in [2.05, 4.69) is 15.6 Å². The van der Waals surface area contributed by atoms with Gasteiger partial charge in [-0.05, 0) is 30.5 Å². The Bertz CT molecular complexity index is 700. The average Bonchev–Trinajstić information content (AvgIpc) is 2.85. The van der Waals surface area contributed by atoms with E-state index in [0.29, 0.717) is 18.7 Å². The first-order valence-corrected chi connectivity index (χ1v) is 7.50. The topological polar surface area (TPSA) is 91.4 Å². The number of nitrogens with one attached hydrogen (secondary N) is 2. The summed E-state index contributed by atoms with van der Waals surface area (Å²) in [4.78, 5) is 41.7. The summed E-state index contributed by atoms with van der Waals surface area (Å²) in [5.41, 5.74) is 3.73. The zero-order valence-corrected chi connectivity index (χ0v) is 12.0. The maximum Gasteiger partial charge on any atom is 0.273 e. The van der Waals surface area contributed by atoms with Crippen molar-refractivity contribution in [3.8, 4) is 0 Å². The van der Waals surface area contributed by atoms with Crippen LogP contribution in [0.2, 0.25) is 0 Å². The molecule has 0 aromatic carbocycles. The molecule has 22 heavy (non-hydrogen) atoms. The number of hydrogen-bond acceptors (Lipinski definition) is 5. The highest BCUT2D eigenvalue weighted by Crippen LogP contribution is 2.31. The molecule has 1 unspecified atom stereocenters. The molecule has 0 saturated carbocycles. The molecule has 114 valence electrons. The number of aromatic nitrogens is 1. The summed E-state index contributed by atoms with van der Waals surface area (Å²) in [5.74, 6) is -0.856. The molecule has 3 aliphatic heterocycles. The van der Waals surface area contributed by atoms with Crippen LogP contribution in [0.25, 0.3) is 0 Å². The molecule has 4 heterocycles.